The van der Waals surface area contributed by atoms with Crippen molar-refractivity contribution in [2.45, 2.75) is 27.2 Å². The van der Waals surface area contributed by atoms with Crippen LogP contribution < -0.4 is 15.5 Å². The van der Waals surface area contributed by atoms with Gasteiger partial charge in [-0.3, -0.25) is 9.98 Å². The Kier molecular flexibility index (Phi) is 10.9. The van der Waals surface area contributed by atoms with E-state index < -0.39 is 0 Å². The molecule has 0 aliphatic rings. The Balaban J connectivity index is 0.00000363. The highest BCUT2D eigenvalue weighted by molar-refractivity contribution is 14.0. The Labute approximate surface area is 206 Å². The van der Waals surface area contributed by atoms with Crippen molar-refractivity contribution in [1.82, 2.24) is 25.8 Å². The minimum absolute atomic E-state index is 0. The number of hydrogen-bond donors (Lipinski definition) is 2. The summed E-state index contributed by atoms with van der Waals surface area (Å²) in [4.78, 5) is 15.6. The van der Waals surface area contributed by atoms with Crippen LogP contribution in [0.5, 0.6) is 0 Å². The minimum Gasteiger partial charge on any atom is -0.370 e. The summed E-state index contributed by atoms with van der Waals surface area (Å²) in [5.41, 5.74) is 3.19. The number of likely N-dealkylation sites (N-methyl/N-ethyl adjacent to an activating group) is 1. The molecule has 1 aromatic carbocycles. The number of halogens is 1. The molecule has 3 aromatic rings. The Bertz CT molecular complexity index is 962. The molecule has 0 aliphatic heterocycles. The molecule has 0 spiro atoms. The van der Waals surface area contributed by atoms with Gasteiger partial charge in [-0.25, -0.2) is 0 Å². The van der Waals surface area contributed by atoms with Crippen LogP contribution in [-0.2, 0) is 6.42 Å². The monoisotopic (exact) mass is 549 g/mol. The smallest absolute Gasteiger partial charge is 0.276 e. The van der Waals surface area contributed by atoms with Crippen LogP contribution in [0.4, 0.5) is 5.69 Å². The molecular weight excluding hydrogens is 517 g/mol. The third-order valence-electron chi connectivity index (χ3n) is 4.72. The summed E-state index contributed by atoms with van der Waals surface area (Å²) in [5, 5.41) is 10.7. The first-order chi connectivity index (χ1) is 15.2. The molecule has 3 rings (SSSR count). The van der Waals surface area contributed by atoms with Gasteiger partial charge in [0.15, 0.2) is 11.8 Å². The molecule has 0 atom stereocenters. The Morgan fingerprint density at radius 3 is 2.72 bits per heavy atom. The molecule has 9 heteroatoms. The van der Waals surface area contributed by atoms with Crippen LogP contribution in [0.2, 0.25) is 0 Å². The third-order valence-corrected chi connectivity index (χ3v) is 4.72. The quantitative estimate of drug-likeness (QED) is 0.227. The van der Waals surface area contributed by atoms with Gasteiger partial charge in [-0.15, -0.1) is 24.0 Å². The van der Waals surface area contributed by atoms with Gasteiger partial charge in [-0.2, -0.15) is 4.98 Å². The molecule has 2 aromatic heterocycles. The molecule has 0 amide bonds. The second-order valence-corrected chi connectivity index (χ2v) is 7.09. The zero-order valence-electron chi connectivity index (χ0n) is 18.9. The highest BCUT2D eigenvalue weighted by atomic mass is 127. The van der Waals surface area contributed by atoms with Gasteiger partial charge in [0, 0.05) is 51.0 Å². The number of aliphatic imine (C=N–C) groups is 1. The van der Waals surface area contributed by atoms with E-state index in [0.717, 1.165) is 32.1 Å². The summed E-state index contributed by atoms with van der Waals surface area (Å²) in [6, 6.07) is 14.2. The van der Waals surface area contributed by atoms with Crippen molar-refractivity contribution in [3.63, 3.8) is 0 Å². The molecule has 8 nitrogen and oxygen atoms in total. The van der Waals surface area contributed by atoms with Crippen molar-refractivity contribution in [1.29, 1.82) is 0 Å². The predicted octanol–water partition coefficient (Wildman–Crippen LogP) is 3.68. The van der Waals surface area contributed by atoms with Crippen molar-refractivity contribution < 1.29 is 4.52 Å². The van der Waals surface area contributed by atoms with E-state index >= 15 is 0 Å². The lowest BCUT2D eigenvalue weighted by molar-refractivity contribution is 0.421. The summed E-state index contributed by atoms with van der Waals surface area (Å²) < 4.78 is 5.30. The molecule has 0 fully saturated rings. The van der Waals surface area contributed by atoms with Gasteiger partial charge in [0.1, 0.15) is 5.69 Å². The maximum Gasteiger partial charge on any atom is 0.276 e. The van der Waals surface area contributed by atoms with Crippen molar-refractivity contribution in [3.05, 3.63) is 60.0 Å². The number of aromatic nitrogens is 3. The van der Waals surface area contributed by atoms with Crippen molar-refractivity contribution in [3.8, 4) is 11.6 Å². The normalized spacial score (nSPS) is 11.0. The lowest BCUT2D eigenvalue weighted by Crippen LogP contribution is -2.41. The molecular formula is C23H32IN7O. The zero-order chi connectivity index (χ0) is 21.9. The van der Waals surface area contributed by atoms with E-state index in [1.807, 2.05) is 18.2 Å². The lowest BCUT2D eigenvalue weighted by Gasteiger charge is -2.24. The van der Waals surface area contributed by atoms with Crippen LogP contribution in [0, 0.1) is 6.92 Å². The van der Waals surface area contributed by atoms with Crippen LogP contribution in [0.3, 0.4) is 0 Å². The highest BCUT2D eigenvalue weighted by Crippen LogP contribution is 2.15. The molecule has 0 radical (unpaired) electrons. The molecule has 0 bridgehead atoms. The van der Waals surface area contributed by atoms with Gasteiger partial charge >= 0.3 is 0 Å². The lowest BCUT2D eigenvalue weighted by atomic mass is 10.2. The van der Waals surface area contributed by atoms with Crippen molar-refractivity contribution >= 4 is 35.6 Å². The Morgan fingerprint density at radius 2 is 2.00 bits per heavy atom. The topological polar surface area (TPSA) is 91.5 Å². The average Bonchev–Trinajstić information content (AvgIpc) is 3.26. The van der Waals surface area contributed by atoms with Crippen LogP contribution in [0.15, 0.2) is 58.2 Å². The SMILES string of the molecule is CCNC(=NCCc1noc(-c2ccccn2)n1)NCCN(CC)c1cccc(C)c1.I. The molecule has 0 saturated heterocycles. The van der Waals surface area contributed by atoms with Gasteiger partial charge in [-0.1, -0.05) is 23.4 Å². The second-order valence-electron chi connectivity index (χ2n) is 7.09. The number of guanidine groups is 1. The molecule has 0 saturated carbocycles. The maximum atomic E-state index is 5.30. The number of pyridine rings is 1. The predicted molar refractivity (Wildman–Crippen MR) is 140 cm³/mol. The highest BCUT2D eigenvalue weighted by Gasteiger charge is 2.09. The second kappa shape index (κ2) is 13.7. The van der Waals surface area contributed by atoms with Crippen molar-refractivity contribution in [2.75, 3.05) is 37.6 Å². The first-order valence-electron chi connectivity index (χ1n) is 10.8. The van der Waals surface area contributed by atoms with E-state index in [1.165, 1.54) is 11.3 Å². The largest absolute Gasteiger partial charge is 0.370 e. The fourth-order valence-electron chi connectivity index (χ4n) is 3.16. The van der Waals surface area contributed by atoms with Crippen LogP contribution in [0.25, 0.3) is 11.6 Å². The summed E-state index contributed by atoms with van der Waals surface area (Å²) in [7, 11) is 0. The van der Waals surface area contributed by atoms with Gasteiger partial charge in [0.25, 0.3) is 5.89 Å². The average molecular weight is 549 g/mol. The van der Waals surface area contributed by atoms with E-state index in [2.05, 4.69) is 80.7 Å². The third kappa shape index (κ3) is 7.77. The Morgan fingerprint density at radius 1 is 1.12 bits per heavy atom. The zero-order valence-corrected chi connectivity index (χ0v) is 21.2. The van der Waals surface area contributed by atoms with Crippen LogP contribution in [0.1, 0.15) is 25.2 Å². The molecule has 0 unspecified atom stereocenters. The summed E-state index contributed by atoms with van der Waals surface area (Å²) in [6.07, 6.45) is 2.30. The number of benzene rings is 1. The number of nitrogens with one attached hydrogen (secondary N) is 2. The first kappa shape index (κ1) is 25.6. The van der Waals surface area contributed by atoms with Gasteiger partial charge in [0.05, 0.1) is 0 Å². The fourth-order valence-corrected chi connectivity index (χ4v) is 3.16. The number of aryl methyl sites for hydroxylation is 1. The summed E-state index contributed by atoms with van der Waals surface area (Å²) >= 11 is 0. The molecule has 2 heterocycles. The summed E-state index contributed by atoms with van der Waals surface area (Å²) in [5.74, 6) is 1.84. The molecule has 2 N–H and O–H groups in total. The van der Waals surface area contributed by atoms with E-state index in [-0.39, 0.29) is 24.0 Å². The standard InChI is InChI=1S/C23H31N7O.HI/c1-4-24-23(27-15-16-30(5-2)19-10-8-9-18(3)17-19)26-14-12-21-28-22(31-29-21)20-11-6-7-13-25-20;/h6-11,13,17H,4-5,12,14-16H2,1-3H3,(H2,24,26,27);1H. The number of rotatable bonds is 10. The number of hydrogen-bond acceptors (Lipinski definition) is 6. The number of nitrogens with zero attached hydrogens (tertiary/aromatic N) is 5. The van der Waals surface area contributed by atoms with E-state index in [0.29, 0.717) is 30.4 Å². The number of anilines is 1. The van der Waals surface area contributed by atoms with Gasteiger partial charge in [0.2, 0.25) is 0 Å². The van der Waals surface area contributed by atoms with Crippen molar-refractivity contribution in [2.24, 2.45) is 4.99 Å². The summed E-state index contributed by atoms with van der Waals surface area (Å²) in [6.45, 7) is 10.3. The fraction of sp³-hybridized carbons (Fsp3) is 0.391. The van der Waals surface area contributed by atoms with Crippen LogP contribution in [-0.4, -0.2) is 53.8 Å². The molecule has 0 aliphatic carbocycles. The molecule has 172 valence electrons. The van der Waals surface area contributed by atoms with Gasteiger partial charge < -0.3 is 20.1 Å². The maximum absolute atomic E-state index is 5.30. The van der Waals surface area contributed by atoms with Crippen LogP contribution >= 0.6 is 24.0 Å². The molecule has 32 heavy (non-hydrogen) atoms. The van der Waals surface area contributed by atoms with E-state index in [1.54, 1.807) is 6.20 Å². The van der Waals surface area contributed by atoms with Gasteiger partial charge in [-0.05, 0) is 50.6 Å². The van der Waals surface area contributed by atoms with E-state index in [4.69, 9.17) is 4.52 Å². The minimum atomic E-state index is 0. The van der Waals surface area contributed by atoms with E-state index in [9.17, 15) is 0 Å². The Hall–Kier alpha value is -2.69. The first-order valence-corrected chi connectivity index (χ1v) is 10.8.